The normalized spacial score (nSPS) is 13.6. The number of aliphatic hydroxyl groups excluding tert-OH is 1. The zero-order valence-corrected chi connectivity index (χ0v) is 11.8. The predicted octanol–water partition coefficient (Wildman–Crippen LogP) is 2.34. The molecule has 0 radical (unpaired) electrons. The second-order valence-electron chi connectivity index (χ2n) is 4.87. The molecule has 0 fully saturated rings. The Morgan fingerprint density at radius 1 is 1.37 bits per heavy atom. The summed E-state index contributed by atoms with van der Waals surface area (Å²) in [4.78, 5) is 0. The molecule has 0 aliphatic heterocycles. The topological polar surface area (TPSA) is 41.5 Å². The molecule has 0 saturated heterocycles. The summed E-state index contributed by atoms with van der Waals surface area (Å²) in [6.45, 7) is 5.49. The van der Waals surface area contributed by atoms with Crippen molar-refractivity contribution in [1.82, 2.24) is 5.32 Å². The first-order valence-corrected chi connectivity index (χ1v) is 6.64. The highest BCUT2D eigenvalue weighted by atomic mass is 16.5. The Labute approximate surface area is 116 Å². The maximum absolute atomic E-state index is 9.33. The molecular weight excluding hydrogens is 238 g/mol. The molecule has 104 valence electrons. The van der Waals surface area contributed by atoms with Gasteiger partial charge in [0.1, 0.15) is 5.75 Å². The van der Waals surface area contributed by atoms with Gasteiger partial charge in [-0.3, -0.25) is 0 Å². The van der Waals surface area contributed by atoms with Crippen LogP contribution in [0.2, 0.25) is 0 Å². The summed E-state index contributed by atoms with van der Waals surface area (Å²) in [6, 6.07) is 7.92. The van der Waals surface area contributed by atoms with Gasteiger partial charge in [-0.15, -0.1) is 12.3 Å². The monoisotopic (exact) mass is 261 g/mol. The summed E-state index contributed by atoms with van der Waals surface area (Å²) in [7, 11) is 0. The molecule has 1 aromatic rings. The minimum absolute atomic E-state index is 0.136. The SMILES string of the molecule is C#CCCOc1ccc(CNC(C)(CC)CO)cc1. The van der Waals surface area contributed by atoms with E-state index in [-0.39, 0.29) is 12.1 Å². The van der Waals surface area contributed by atoms with E-state index in [2.05, 4.69) is 18.2 Å². The van der Waals surface area contributed by atoms with Crippen LogP contribution < -0.4 is 10.1 Å². The first-order valence-electron chi connectivity index (χ1n) is 6.64. The van der Waals surface area contributed by atoms with Gasteiger partial charge in [0.2, 0.25) is 0 Å². The highest BCUT2D eigenvalue weighted by Crippen LogP contribution is 2.14. The van der Waals surface area contributed by atoms with E-state index in [1.165, 1.54) is 0 Å². The van der Waals surface area contributed by atoms with Crippen molar-refractivity contribution in [2.45, 2.75) is 38.8 Å². The number of aliphatic hydroxyl groups is 1. The number of nitrogens with one attached hydrogen (secondary N) is 1. The highest BCUT2D eigenvalue weighted by molar-refractivity contribution is 5.27. The van der Waals surface area contributed by atoms with Gasteiger partial charge in [-0.1, -0.05) is 19.1 Å². The molecule has 0 aliphatic carbocycles. The van der Waals surface area contributed by atoms with Crippen LogP contribution in [0.1, 0.15) is 32.3 Å². The van der Waals surface area contributed by atoms with E-state index >= 15 is 0 Å². The van der Waals surface area contributed by atoms with Gasteiger partial charge in [0.05, 0.1) is 13.2 Å². The predicted molar refractivity (Wildman–Crippen MR) is 78.0 cm³/mol. The molecular formula is C16H23NO2. The van der Waals surface area contributed by atoms with Gasteiger partial charge in [-0.25, -0.2) is 0 Å². The Bertz CT molecular complexity index is 402. The van der Waals surface area contributed by atoms with Crippen LogP contribution in [0.15, 0.2) is 24.3 Å². The zero-order valence-electron chi connectivity index (χ0n) is 11.8. The fourth-order valence-corrected chi connectivity index (χ4v) is 1.54. The van der Waals surface area contributed by atoms with Crippen molar-refractivity contribution in [3.63, 3.8) is 0 Å². The molecule has 3 heteroatoms. The smallest absolute Gasteiger partial charge is 0.119 e. The fraction of sp³-hybridized carbons (Fsp3) is 0.500. The first kappa shape index (κ1) is 15.6. The van der Waals surface area contributed by atoms with Crippen LogP contribution in [0.25, 0.3) is 0 Å². The third-order valence-corrected chi connectivity index (χ3v) is 3.29. The molecule has 0 bridgehead atoms. The van der Waals surface area contributed by atoms with Crippen LogP contribution in [0.5, 0.6) is 5.75 Å². The minimum atomic E-state index is -0.220. The Balaban J connectivity index is 2.46. The Morgan fingerprint density at radius 2 is 2.05 bits per heavy atom. The Hall–Kier alpha value is -1.50. The molecule has 0 amide bonds. The number of hydrogen-bond acceptors (Lipinski definition) is 3. The second-order valence-corrected chi connectivity index (χ2v) is 4.87. The maximum Gasteiger partial charge on any atom is 0.119 e. The zero-order chi connectivity index (χ0) is 14.1. The largest absolute Gasteiger partial charge is 0.493 e. The van der Waals surface area contributed by atoms with Gasteiger partial charge < -0.3 is 15.2 Å². The molecule has 1 rings (SSSR count). The molecule has 1 aromatic carbocycles. The molecule has 0 heterocycles. The molecule has 0 saturated carbocycles. The quantitative estimate of drug-likeness (QED) is 0.557. The average molecular weight is 261 g/mol. The Kier molecular flexibility index (Phi) is 6.41. The van der Waals surface area contributed by atoms with Gasteiger partial charge in [-0.05, 0) is 31.0 Å². The lowest BCUT2D eigenvalue weighted by atomic mass is 10.00. The molecule has 0 spiro atoms. The van der Waals surface area contributed by atoms with E-state index in [4.69, 9.17) is 11.2 Å². The van der Waals surface area contributed by atoms with Crippen LogP contribution in [0.4, 0.5) is 0 Å². The molecule has 1 atom stereocenters. The minimum Gasteiger partial charge on any atom is -0.493 e. The standard InChI is InChI=1S/C16H23NO2/c1-4-6-11-19-15-9-7-14(8-10-15)12-17-16(3,5-2)13-18/h1,7-10,17-18H,5-6,11-13H2,2-3H3. The second kappa shape index (κ2) is 7.83. The van der Waals surface area contributed by atoms with Crippen molar-refractivity contribution < 1.29 is 9.84 Å². The molecule has 2 N–H and O–H groups in total. The number of terminal acetylenes is 1. The van der Waals surface area contributed by atoms with E-state index in [1.807, 2.05) is 31.2 Å². The van der Waals surface area contributed by atoms with Gasteiger partial charge in [-0.2, -0.15) is 0 Å². The lowest BCUT2D eigenvalue weighted by Crippen LogP contribution is -2.44. The van der Waals surface area contributed by atoms with Crippen LogP contribution >= 0.6 is 0 Å². The van der Waals surface area contributed by atoms with E-state index in [9.17, 15) is 5.11 Å². The van der Waals surface area contributed by atoms with E-state index in [0.717, 1.165) is 24.3 Å². The van der Waals surface area contributed by atoms with Crippen LogP contribution in [0.3, 0.4) is 0 Å². The summed E-state index contributed by atoms with van der Waals surface area (Å²) in [6.07, 6.45) is 6.67. The van der Waals surface area contributed by atoms with Crippen molar-refractivity contribution in [1.29, 1.82) is 0 Å². The van der Waals surface area contributed by atoms with Crippen LogP contribution in [-0.2, 0) is 6.54 Å². The summed E-state index contributed by atoms with van der Waals surface area (Å²) in [5.74, 6) is 3.37. The van der Waals surface area contributed by atoms with Crippen molar-refractivity contribution in [2.24, 2.45) is 0 Å². The number of ether oxygens (including phenoxy) is 1. The summed E-state index contributed by atoms with van der Waals surface area (Å²) < 4.78 is 5.49. The number of benzene rings is 1. The molecule has 0 aliphatic rings. The van der Waals surface area contributed by atoms with E-state index in [1.54, 1.807) is 0 Å². The summed E-state index contributed by atoms with van der Waals surface area (Å²) >= 11 is 0. The summed E-state index contributed by atoms with van der Waals surface area (Å²) in [5.41, 5.74) is 0.944. The van der Waals surface area contributed by atoms with Crippen molar-refractivity contribution in [3.05, 3.63) is 29.8 Å². The van der Waals surface area contributed by atoms with Crippen LogP contribution in [0, 0.1) is 12.3 Å². The van der Waals surface area contributed by atoms with Gasteiger partial charge in [0.15, 0.2) is 0 Å². The molecule has 19 heavy (non-hydrogen) atoms. The molecule has 3 nitrogen and oxygen atoms in total. The summed E-state index contributed by atoms with van der Waals surface area (Å²) in [5, 5.41) is 12.7. The van der Waals surface area contributed by atoms with Crippen molar-refractivity contribution in [3.8, 4) is 18.1 Å². The number of rotatable bonds is 8. The van der Waals surface area contributed by atoms with Gasteiger partial charge in [0, 0.05) is 18.5 Å². The van der Waals surface area contributed by atoms with Gasteiger partial charge in [0.25, 0.3) is 0 Å². The van der Waals surface area contributed by atoms with Crippen LogP contribution in [-0.4, -0.2) is 23.9 Å². The first-order chi connectivity index (χ1) is 9.13. The van der Waals surface area contributed by atoms with E-state index < -0.39 is 0 Å². The van der Waals surface area contributed by atoms with Crippen molar-refractivity contribution >= 4 is 0 Å². The maximum atomic E-state index is 9.33. The van der Waals surface area contributed by atoms with Crippen molar-refractivity contribution in [2.75, 3.05) is 13.2 Å². The Morgan fingerprint density at radius 3 is 2.58 bits per heavy atom. The number of hydrogen-bond donors (Lipinski definition) is 2. The lowest BCUT2D eigenvalue weighted by Gasteiger charge is -2.27. The fourth-order valence-electron chi connectivity index (χ4n) is 1.54. The highest BCUT2D eigenvalue weighted by Gasteiger charge is 2.19. The lowest BCUT2D eigenvalue weighted by molar-refractivity contribution is 0.169. The molecule has 0 aromatic heterocycles. The van der Waals surface area contributed by atoms with Gasteiger partial charge >= 0.3 is 0 Å². The van der Waals surface area contributed by atoms with E-state index in [0.29, 0.717) is 13.0 Å². The average Bonchev–Trinajstić information content (AvgIpc) is 2.46. The molecule has 1 unspecified atom stereocenters. The third-order valence-electron chi connectivity index (χ3n) is 3.29. The third kappa shape index (κ3) is 5.34.